The minimum Gasteiger partial charge on any atom is -0.476 e. The summed E-state index contributed by atoms with van der Waals surface area (Å²) in [6, 6.07) is 0. The molecule has 0 fully saturated rings. The first-order valence-corrected chi connectivity index (χ1v) is 5.41. The summed E-state index contributed by atoms with van der Waals surface area (Å²) >= 11 is 0. The summed E-state index contributed by atoms with van der Waals surface area (Å²) in [6.45, 7) is 8.24. The van der Waals surface area contributed by atoms with Gasteiger partial charge >= 0.3 is 0 Å². The third-order valence-electron chi connectivity index (χ3n) is 2.21. The van der Waals surface area contributed by atoms with Crippen molar-refractivity contribution < 1.29 is 4.74 Å². The fourth-order valence-corrected chi connectivity index (χ4v) is 1.65. The van der Waals surface area contributed by atoms with Crippen molar-refractivity contribution in [3.63, 3.8) is 0 Å². The number of hydrogen-bond acceptors (Lipinski definition) is 3. The van der Waals surface area contributed by atoms with E-state index in [-0.39, 0.29) is 0 Å². The van der Waals surface area contributed by atoms with Crippen molar-refractivity contribution in [3.05, 3.63) is 0 Å². The fourth-order valence-electron chi connectivity index (χ4n) is 1.65. The zero-order valence-corrected chi connectivity index (χ0v) is 9.55. The Labute approximate surface area is 86.7 Å². The standard InChI is InChI=1S/C11H22N2O/c1-11(2,3)7-9-8-13-10(14-9)5-4-6-12/h9H,4-8,12H2,1-3H3. The summed E-state index contributed by atoms with van der Waals surface area (Å²) < 4.78 is 5.73. The Morgan fingerprint density at radius 3 is 2.79 bits per heavy atom. The van der Waals surface area contributed by atoms with Gasteiger partial charge in [-0.2, -0.15) is 0 Å². The van der Waals surface area contributed by atoms with Crippen molar-refractivity contribution in [2.75, 3.05) is 13.1 Å². The number of rotatable bonds is 4. The molecule has 0 saturated heterocycles. The molecule has 0 radical (unpaired) electrons. The van der Waals surface area contributed by atoms with Crippen LogP contribution in [0.4, 0.5) is 0 Å². The Morgan fingerprint density at radius 2 is 2.21 bits per heavy atom. The molecular formula is C11H22N2O. The van der Waals surface area contributed by atoms with Crippen LogP contribution in [0, 0.1) is 5.41 Å². The second-order valence-electron chi connectivity index (χ2n) is 5.13. The first-order valence-electron chi connectivity index (χ1n) is 5.41. The molecule has 3 nitrogen and oxygen atoms in total. The largest absolute Gasteiger partial charge is 0.476 e. The summed E-state index contributed by atoms with van der Waals surface area (Å²) in [6.07, 6.45) is 3.24. The molecule has 1 heterocycles. The number of aliphatic imine (C=N–C) groups is 1. The molecule has 0 aromatic rings. The molecule has 82 valence electrons. The number of nitrogens with zero attached hydrogens (tertiary/aromatic N) is 1. The molecule has 1 rings (SSSR count). The highest BCUT2D eigenvalue weighted by atomic mass is 16.5. The van der Waals surface area contributed by atoms with E-state index in [2.05, 4.69) is 25.8 Å². The SMILES string of the molecule is CC(C)(C)CC1CN=C(CCCN)O1. The van der Waals surface area contributed by atoms with Crippen LogP contribution >= 0.6 is 0 Å². The van der Waals surface area contributed by atoms with Crippen LogP contribution in [0.3, 0.4) is 0 Å². The smallest absolute Gasteiger partial charge is 0.183 e. The van der Waals surface area contributed by atoms with Crippen LogP contribution in [0.2, 0.25) is 0 Å². The fraction of sp³-hybridized carbons (Fsp3) is 0.909. The van der Waals surface area contributed by atoms with Crippen LogP contribution in [-0.4, -0.2) is 25.1 Å². The normalized spacial score (nSPS) is 22.0. The topological polar surface area (TPSA) is 47.6 Å². The van der Waals surface area contributed by atoms with E-state index in [4.69, 9.17) is 10.5 Å². The second kappa shape index (κ2) is 4.78. The molecule has 14 heavy (non-hydrogen) atoms. The zero-order valence-electron chi connectivity index (χ0n) is 9.55. The van der Waals surface area contributed by atoms with Gasteiger partial charge in [-0.1, -0.05) is 20.8 Å². The highest BCUT2D eigenvalue weighted by Crippen LogP contribution is 2.25. The minimum atomic E-state index is 0.294. The van der Waals surface area contributed by atoms with Crippen molar-refractivity contribution in [1.82, 2.24) is 0 Å². The lowest BCUT2D eigenvalue weighted by molar-refractivity contribution is 0.157. The maximum absolute atomic E-state index is 5.73. The average Bonchev–Trinajstić information content (AvgIpc) is 2.46. The van der Waals surface area contributed by atoms with Gasteiger partial charge in [-0.15, -0.1) is 0 Å². The van der Waals surface area contributed by atoms with Crippen LogP contribution in [0.5, 0.6) is 0 Å². The molecule has 0 aromatic carbocycles. The quantitative estimate of drug-likeness (QED) is 0.750. The summed E-state index contributed by atoms with van der Waals surface area (Å²) in [5.41, 5.74) is 5.76. The molecule has 0 bridgehead atoms. The molecule has 0 aromatic heterocycles. The van der Waals surface area contributed by atoms with Gasteiger partial charge in [-0.25, -0.2) is 0 Å². The van der Waals surface area contributed by atoms with Gasteiger partial charge < -0.3 is 10.5 Å². The van der Waals surface area contributed by atoms with Crippen molar-refractivity contribution in [3.8, 4) is 0 Å². The van der Waals surface area contributed by atoms with Gasteiger partial charge in [0, 0.05) is 6.42 Å². The highest BCUT2D eigenvalue weighted by Gasteiger charge is 2.24. The Hall–Kier alpha value is -0.570. The lowest BCUT2D eigenvalue weighted by Crippen LogP contribution is -2.21. The van der Waals surface area contributed by atoms with E-state index in [1.54, 1.807) is 0 Å². The lowest BCUT2D eigenvalue weighted by Gasteiger charge is -2.22. The first-order chi connectivity index (χ1) is 6.51. The highest BCUT2D eigenvalue weighted by molar-refractivity contribution is 5.77. The van der Waals surface area contributed by atoms with Crippen LogP contribution < -0.4 is 5.73 Å². The number of hydrogen-bond donors (Lipinski definition) is 1. The van der Waals surface area contributed by atoms with E-state index in [1.165, 1.54) is 0 Å². The van der Waals surface area contributed by atoms with Gasteiger partial charge in [0.1, 0.15) is 6.10 Å². The zero-order chi connectivity index (χ0) is 10.6. The average molecular weight is 198 g/mol. The Bertz CT molecular complexity index is 206. The number of nitrogens with two attached hydrogens (primary N) is 1. The summed E-state index contributed by atoms with van der Waals surface area (Å²) in [5.74, 6) is 0.907. The van der Waals surface area contributed by atoms with Crippen molar-refractivity contribution in [1.29, 1.82) is 0 Å². The summed E-state index contributed by atoms with van der Waals surface area (Å²) in [5, 5.41) is 0. The van der Waals surface area contributed by atoms with Gasteiger partial charge in [0.05, 0.1) is 6.54 Å². The molecule has 1 unspecified atom stereocenters. The van der Waals surface area contributed by atoms with Crippen LogP contribution in [0.25, 0.3) is 0 Å². The van der Waals surface area contributed by atoms with E-state index >= 15 is 0 Å². The second-order valence-corrected chi connectivity index (χ2v) is 5.13. The Morgan fingerprint density at radius 1 is 1.50 bits per heavy atom. The van der Waals surface area contributed by atoms with Gasteiger partial charge in [-0.3, -0.25) is 4.99 Å². The Balaban J connectivity index is 2.25. The molecular weight excluding hydrogens is 176 g/mol. The van der Waals surface area contributed by atoms with E-state index in [9.17, 15) is 0 Å². The predicted octanol–water partition coefficient (Wildman–Crippen LogP) is 1.96. The molecule has 1 atom stereocenters. The number of ether oxygens (including phenoxy) is 1. The summed E-state index contributed by atoms with van der Waals surface area (Å²) in [7, 11) is 0. The van der Waals surface area contributed by atoms with Gasteiger partial charge in [-0.05, 0) is 24.8 Å². The van der Waals surface area contributed by atoms with Gasteiger partial charge in [0.2, 0.25) is 0 Å². The van der Waals surface area contributed by atoms with Crippen LogP contribution in [-0.2, 0) is 4.74 Å². The van der Waals surface area contributed by atoms with Crippen molar-refractivity contribution >= 4 is 5.90 Å². The lowest BCUT2D eigenvalue weighted by atomic mass is 9.89. The molecule has 0 saturated carbocycles. The maximum atomic E-state index is 5.73. The molecule has 0 spiro atoms. The van der Waals surface area contributed by atoms with Crippen molar-refractivity contribution in [2.24, 2.45) is 16.1 Å². The van der Waals surface area contributed by atoms with Gasteiger partial charge in [0.25, 0.3) is 0 Å². The molecule has 0 aliphatic carbocycles. The predicted molar refractivity (Wildman–Crippen MR) is 59.5 cm³/mol. The molecule has 3 heteroatoms. The molecule has 2 N–H and O–H groups in total. The molecule has 1 aliphatic rings. The molecule has 1 aliphatic heterocycles. The monoisotopic (exact) mass is 198 g/mol. The summed E-state index contributed by atoms with van der Waals surface area (Å²) in [4.78, 5) is 4.38. The van der Waals surface area contributed by atoms with E-state index < -0.39 is 0 Å². The van der Waals surface area contributed by atoms with Crippen LogP contribution in [0.15, 0.2) is 4.99 Å². The van der Waals surface area contributed by atoms with Crippen molar-refractivity contribution in [2.45, 2.75) is 46.1 Å². The third kappa shape index (κ3) is 4.09. The van der Waals surface area contributed by atoms with E-state index in [0.717, 1.165) is 31.7 Å². The van der Waals surface area contributed by atoms with E-state index in [0.29, 0.717) is 18.1 Å². The first kappa shape index (κ1) is 11.5. The van der Waals surface area contributed by atoms with Crippen LogP contribution in [0.1, 0.15) is 40.0 Å². The third-order valence-corrected chi connectivity index (χ3v) is 2.21. The minimum absolute atomic E-state index is 0.294. The van der Waals surface area contributed by atoms with Gasteiger partial charge in [0.15, 0.2) is 5.90 Å². The maximum Gasteiger partial charge on any atom is 0.183 e. The Kier molecular flexibility index (Phi) is 3.93. The molecule has 0 amide bonds. The van der Waals surface area contributed by atoms with E-state index in [1.807, 2.05) is 0 Å².